The lowest BCUT2D eigenvalue weighted by atomic mass is 9.87. The Labute approximate surface area is 106 Å². The summed E-state index contributed by atoms with van der Waals surface area (Å²) in [6.07, 6.45) is 0.888. The monoisotopic (exact) mass is 248 g/mol. The summed E-state index contributed by atoms with van der Waals surface area (Å²) in [6, 6.07) is 7.62. The number of hydrogen-bond donors (Lipinski definition) is 0. The van der Waals surface area contributed by atoms with E-state index in [1.54, 1.807) is 0 Å². The van der Waals surface area contributed by atoms with Crippen LogP contribution in [0.5, 0.6) is 0 Å². The fourth-order valence-electron chi connectivity index (χ4n) is 2.36. The minimum absolute atomic E-state index is 0.231. The van der Waals surface area contributed by atoms with Crippen LogP contribution in [0.25, 0.3) is 0 Å². The SMILES string of the molecule is CC(=O)O[C@@H]1CC[C@@H](OC(C)=O)c2ccccc21. The highest BCUT2D eigenvalue weighted by atomic mass is 16.6. The van der Waals surface area contributed by atoms with Crippen LogP contribution in [0, 0.1) is 0 Å². The average Bonchev–Trinajstić information content (AvgIpc) is 2.31. The van der Waals surface area contributed by atoms with E-state index in [4.69, 9.17) is 9.47 Å². The first-order valence-corrected chi connectivity index (χ1v) is 6.01. The van der Waals surface area contributed by atoms with Gasteiger partial charge in [-0.3, -0.25) is 9.59 Å². The smallest absolute Gasteiger partial charge is 0.303 e. The summed E-state index contributed by atoms with van der Waals surface area (Å²) in [5.74, 6) is -0.582. The van der Waals surface area contributed by atoms with Crippen molar-refractivity contribution in [3.63, 3.8) is 0 Å². The van der Waals surface area contributed by atoms with Crippen molar-refractivity contribution in [1.82, 2.24) is 0 Å². The number of ether oxygens (including phenoxy) is 2. The Morgan fingerprint density at radius 3 is 1.67 bits per heavy atom. The van der Waals surface area contributed by atoms with Crippen LogP contribution in [0.2, 0.25) is 0 Å². The molecule has 0 saturated heterocycles. The van der Waals surface area contributed by atoms with E-state index in [0.29, 0.717) is 12.8 Å². The van der Waals surface area contributed by atoms with Crippen molar-refractivity contribution in [2.75, 3.05) is 0 Å². The number of hydrogen-bond acceptors (Lipinski definition) is 4. The molecule has 0 saturated carbocycles. The molecule has 0 unspecified atom stereocenters. The molecular formula is C14H16O4. The number of fused-ring (bicyclic) bond motifs is 1. The van der Waals surface area contributed by atoms with Crippen LogP contribution >= 0.6 is 0 Å². The first-order chi connectivity index (χ1) is 8.58. The van der Waals surface area contributed by atoms with Crippen molar-refractivity contribution >= 4 is 11.9 Å². The Bertz CT molecular complexity index is 424. The van der Waals surface area contributed by atoms with E-state index in [9.17, 15) is 9.59 Å². The van der Waals surface area contributed by atoms with Gasteiger partial charge >= 0.3 is 11.9 Å². The van der Waals surface area contributed by atoms with Gasteiger partial charge < -0.3 is 9.47 Å². The van der Waals surface area contributed by atoms with Crippen molar-refractivity contribution in [3.05, 3.63) is 35.4 Å². The second kappa shape index (κ2) is 5.21. The van der Waals surface area contributed by atoms with Gasteiger partial charge in [-0.15, -0.1) is 0 Å². The van der Waals surface area contributed by atoms with Crippen LogP contribution in [0.1, 0.15) is 50.0 Å². The Kier molecular flexibility index (Phi) is 3.65. The molecular weight excluding hydrogens is 232 g/mol. The van der Waals surface area contributed by atoms with E-state index in [-0.39, 0.29) is 24.1 Å². The Morgan fingerprint density at radius 2 is 1.33 bits per heavy atom. The van der Waals surface area contributed by atoms with Crippen LogP contribution in [-0.4, -0.2) is 11.9 Å². The fraction of sp³-hybridized carbons (Fsp3) is 0.429. The van der Waals surface area contributed by atoms with Crippen LogP contribution in [0.3, 0.4) is 0 Å². The largest absolute Gasteiger partial charge is 0.458 e. The maximum Gasteiger partial charge on any atom is 0.303 e. The topological polar surface area (TPSA) is 52.6 Å². The summed E-state index contributed by atoms with van der Waals surface area (Å²) in [5, 5.41) is 0. The third-order valence-corrected chi connectivity index (χ3v) is 3.00. The zero-order valence-corrected chi connectivity index (χ0v) is 10.5. The van der Waals surface area contributed by atoms with Gasteiger partial charge in [0, 0.05) is 13.8 Å². The number of benzene rings is 1. The van der Waals surface area contributed by atoms with Gasteiger partial charge in [0.2, 0.25) is 0 Å². The van der Waals surface area contributed by atoms with Gasteiger partial charge in [0.1, 0.15) is 12.2 Å². The third kappa shape index (κ3) is 2.70. The van der Waals surface area contributed by atoms with Gasteiger partial charge in [0.15, 0.2) is 0 Å². The molecule has 1 aliphatic carbocycles. The van der Waals surface area contributed by atoms with Crippen LogP contribution in [-0.2, 0) is 19.1 Å². The van der Waals surface area contributed by atoms with E-state index in [1.807, 2.05) is 24.3 Å². The number of rotatable bonds is 2. The molecule has 1 aromatic carbocycles. The molecule has 0 spiro atoms. The predicted octanol–water partition coefficient (Wildman–Crippen LogP) is 2.69. The molecule has 0 aliphatic heterocycles. The Hall–Kier alpha value is -1.84. The molecule has 18 heavy (non-hydrogen) atoms. The summed E-state index contributed by atoms with van der Waals surface area (Å²) in [4.78, 5) is 22.1. The summed E-state index contributed by atoms with van der Waals surface area (Å²) >= 11 is 0. The normalized spacial score (nSPS) is 21.9. The molecule has 0 heterocycles. The summed E-state index contributed by atoms with van der Waals surface area (Å²) in [5.41, 5.74) is 1.87. The molecule has 0 amide bonds. The lowest BCUT2D eigenvalue weighted by Crippen LogP contribution is -2.21. The first-order valence-electron chi connectivity index (χ1n) is 6.01. The molecule has 1 aliphatic rings. The summed E-state index contributed by atoms with van der Waals surface area (Å²) in [7, 11) is 0. The maximum atomic E-state index is 11.1. The number of carbonyl (C=O) groups is 2. The molecule has 2 atom stereocenters. The molecule has 0 radical (unpaired) electrons. The fourth-order valence-corrected chi connectivity index (χ4v) is 2.36. The molecule has 96 valence electrons. The Morgan fingerprint density at radius 1 is 0.944 bits per heavy atom. The first kappa shape index (κ1) is 12.6. The summed E-state index contributed by atoms with van der Waals surface area (Å²) < 4.78 is 10.6. The zero-order valence-electron chi connectivity index (χ0n) is 10.5. The van der Waals surface area contributed by atoms with Gasteiger partial charge in [-0.25, -0.2) is 0 Å². The van der Waals surface area contributed by atoms with E-state index in [1.165, 1.54) is 13.8 Å². The average molecular weight is 248 g/mol. The highest BCUT2D eigenvalue weighted by molar-refractivity contribution is 5.67. The van der Waals surface area contributed by atoms with Crippen LogP contribution in [0.15, 0.2) is 24.3 Å². The molecule has 0 aromatic heterocycles. The second-order valence-electron chi connectivity index (χ2n) is 4.40. The molecule has 4 heteroatoms. The zero-order chi connectivity index (χ0) is 13.1. The van der Waals surface area contributed by atoms with E-state index >= 15 is 0 Å². The van der Waals surface area contributed by atoms with Crippen LogP contribution < -0.4 is 0 Å². The van der Waals surface area contributed by atoms with E-state index in [0.717, 1.165) is 11.1 Å². The van der Waals surface area contributed by atoms with Crippen LogP contribution in [0.4, 0.5) is 0 Å². The standard InChI is InChI=1S/C14H16O4/c1-9(15)17-13-7-8-14(18-10(2)16)12-6-4-3-5-11(12)13/h3-6,13-14H,7-8H2,1-2H3/t13-,14-/m1/s1. The third-order valence-electron chi connectivity index (χ3n) is 3.00. The Balaban J connectivity index is 2.28. The van der Waals surface area contributed by atoms with Gasteiger partial charge in [-0.05, 0) is 24.0 Å². The van der Waals surface area contributed by atoms with Crippen molar-refractivity contribution in [3.8, 4) is 0 Å². The van der Waals surface area contributed by atoms with Crippen molar-refractivity contribution in [1.29, 1.82) is 0 Å². The molecule has 4 nitrogen and oxygen atoms in total. The maximum absolute atomic E-state index is 11.1. The van der Waals surface area contributed by atoms with Gasteiger partial charge in [0.05, 0.1) is 0 Å². The molecule has 1 aromatic rings. The van der Waals surface area contributed by atoms with Crippen molar-refractivity contribution in [2.45, 2.75) is 38.9 Å². The number of carbonyl (C=O) groups excluding carboxylic acids is 2. The molecule has 2 rings (SSSR count). The van der Waals surface area contributed by atoms with Gasteiger partial charge in [0.25, 0.3) is 0 Å². The lowest BCUT2D eigenvalue weighted by Gasteiger charge is -2.30. The highest BCUT2D eigenvalue weighted by Gasteiger charge is 2.30. The quantitative estimate of drug-likeness (QED) is 0.755. The second-order valence-corrected chi connectivity index (χ2v) is 4.40. The predicted molar refractivity (Wildman–Crippen MR) is 64.7 cm³/mol. The minimum atomic E-state index is -0.291. The van der Waals surface area contributed by atoms with E-state index in [2.05, 4.69) is 0 Å². The number of esters is 2. The van der Waals surface area contributed by atoms with E-state index < -0.39 is 0 Å². The minimum Gasteiger partial charge on any atom is -0.458 e. The molecule has 0 N–H and O–H groups in total. The van der Waals surface area contributed by atoms with Crippen molar-refractivity contribution in [2.24, 2.45) is 0 Å². The lowest BCUT2D eigenvalue weighted by molar-refractivity contribution is -0.153. The highest BCUT2D eigenvalue weighted by Crippen LogP contribution is 2.39. The van der Waals surface area contributed by atoms with Crippen molar-refractivity contribution < 1.29 is 19.1 Å². The summed E-state index contributed by atoms with van der Waals surface area (Å²) in [6.45, 7) is 2.81. The molecule has 0 fully saturated rings. The molecule has 0 bridgehead atoms. The van der Waals surface area contributed by atoms with Gasteiger partial charge in [-0.2, -0.15) is 0 Å². The van der Waals surface area contributed by atoms with Gasteiger partial charge in [-0.1, -0.05) is 24.3 Å².